The second kappa shape index (κ2) is 6.89. The fraction of sp³-hybridized carbons (Fsp3) is 0.588. The molecule has 0 bridgehead atoms. The van der Waals surface area contributed by atoms with E-state index in [-0.39, 0.29) is 0 Å². The summed E-state index contributed by atoms with van der Waals surface area (Å²) in [5.74, 6) is -0.388. The Morgan fingerprint density at radius 2 is 1.85 bits per heavy atom. The van der Waals surface area contributed by atoms with Gasteiger partial charge >= 0.3 is 5.97 Å². The van der Waals surface area contributed by atoms with Crippen LogP contribution in [0.15, 0.2) is 24.3 Å². The van der Waals surface area contributed by atoms with Crippen molar-refractivity contribution in [3.05, 3.63) is 35.4 Å². The second-order valence-corrected chi connectivity index (χ2v) is 6.02. The minimum atomic E-state index is -0.772. The third-order valence-electron chi connectivity index (χ3n) is 4.59. The molecule has 0 radical (unpaired) electrons. The zero-order valence-corrected chi connectivity index (χ0v) is 12.4. The molecule has 2 N–H and O–H groups in total. The standard InChI is InChI=1S/C17H25NO2/c1-12(17(19)20)15-9-7-14(8-10-15)11-18-13(2)16-5-3-4-6-16/h7-10,12-13,16,18H,3-6,11H2,1-2H3,(H,19,20)/t12?,13-/m1/s1. The number of nitrogens with one attached hydrogen (secondary N) is 1. The molecule has 1 unspecified atom stereocenters. The molecule has 110 valence electrons. The highest BCUT2D eigenvalue weighted by Gasteiger charge is 2.20. The van der Waals surface area contributed by atoms with Crippen molar-refractivity contribution in [2.45, 2.75) is 58.0 Å². The molecule has 0 aromatic heterocycles. The number of aliphatic carboxylic acids is 1. The number of carboxylic acid groups (broad SMARTS) is 1. The molecule has 0 saturated heterocycles. The molecular formula is C17H25NO2. The van der Waals surface area contributed by atoms with E-state index in [9.17, 15) is 4.79 Å². The molecule has 1 aromatic rings. The van der Waals surface area contributed by atoms with Crippen LogP contribution in [0.4, 0.5) is 0 Å². The molecule has 1 aromatic carbocycles. The molecule has 0 amide bonds. The van der Waals surface area contributed by atoms with Crippen molar-refractivity contribution >= 4 is 5.97 Å². The molecule has 3 nitrogen and oxygen atoms in total. The SMILES string of the molecule is CC(C(=O)O)c1ccc(CN[C@H](C)C2CCCC2)cc1. The van der Waals surface area contributed by atoms with Crippen LogP contribution in [0.5, 0.6) is 0 Å². The van der Waals surface area contributed by atoms with Crippen LogP contribution in [0.1, 0.15) is 56.6 Å². The normalized spacial score (nSPS) is 18.9. The molecule has 1 aliphatic rings. The lowest BCUT2D eigenvalue weighted by atomic mass is 9.98. The van der Waals surface area contributed by atoms with Gasteiger partial charge in [0.15, 0.2) is 0 Å². The van der Waals surface area contributed by atoms with E-state index in [0.29, 0.717) is 6.04 Å². The van der Waals surface area contributed by atoms with Gasteiger partial charge in [-0.2, -0.15) is 0 Å². The zero-order valence-electron chi connectivity index (χ0n) is 12.4. The Labute approximate surface area is 121 Å². The lowest BCUT2D eigenvalue weighted by Gasteiger charge is -2.20. The quantitative estimate of drug-likeness (QED) is 0.835. The van der Waals surface area contributed by atoms with Gasteiger partial charge in [0.05, 0.1) is 5.92 Å². The predicted molar refractivity (Wildman–Crippen MR) is 80.8 cm³/mol. The van der Waals surface area contributed by atoms with Crippen molar-refractivity contribution in [2.75, 3.05) is 0 Å². The number of carbonyl (C=O) groups is 1. The van der Waals surface area contributed by atoms with Crippen LogP contribution in [0.2, 0.25) is 0 Å². The highest BCUT2D eigenvalue weighted by atomic mass is 16.4. The van der Waals surface area contributed by atoms with Gasteiger partial charge in [-0.15, -0.1) is 0 Å². The van der Waals surface area contributed by atoms with Gasteiger partial charge in [0.1, 0.15) is 0 Å². The largest absolute Gasteiger partial charge is 0.481 e. The molecule has 0 heterocycles. The van der Waals surface area contributed by atoms with E-state index in [2.05, 4.69) is 12.2 Å². The first-order chi connectivity index (χ1) is 9.58. The summed E-state index contributed by atoms with van der Waals surface area (Å²) in [4.78, 5) is 10.9. The summed E-state index contributed by atoms with van der Waals surface area (Å²) in [5, 5.41) is 12.6. The third-order valence-corrected chi connectivity index (χ3v) is 4.59. The topological polar surface area (TPSA) is 49.3 Å². The van der Waals surface area contributed by atoms with E-state index < -0.39 is 11.9 Å². The molecular weight excluding hydrogens is 250 g/mol. The van der Waals surface area contributed by atoms with Crippen molar-refractivity contribution in [2.24, 2.45) is 5.92 Å². The van der Waals surface area contributed by atoms with Crippen LogP contribution in [-0.4, -0.2) is 17.1 Å². The summed E-state index contributed by atoms with van der Waals surface area (Å²) in [6.07, 6.45) is 5.45. The molecule has 0 aliphatic heterocycles. The summed E-state index contributed by atoms with van der Waals surface area (Å²) in [6.45, 7) is 4.86. The van der Waals surface area contributed by atoms with Crippen LogP contribution in [-0.2, 0) is 11.3 Å². The lowest BCUT2D eigenvalue weighted by Crippen LogP contribution is -2.31. The maximum Gasteiger partial charge on any atom is 0.310 e. The molecule has 1 saturated carbocycles. The molecule has 1 aliphatic carbocycles. The second-order valence-electron chi connectivity index (χ2n) is 6.02. The van der Waals surface area contributed by atoms with Gasteiger partial charge in [-0.05, 0) is 43.7 Å². The number of benzene rings is 1. The summed E-state index contributed by atoms with van der Waals surface area (Å²) in [6, 6.07) is 8.48. The van der Waals surface area contributed by atoms with Crippen molar-refractivity contribution in [3.8, 4) is 0 Å². The van der Waals surface area contributed by atoms with E-state index in [1.807, 2.05) is 24.3 Å². The molecule has 2 rings (SSSR count). The van der Waals surface area contributed by atoms with E-state index in [1.54, 1.807) is 6.92 Å². The molecule has 2 atom stereocenters. The van der Waals surface area contributed by atoms with Crippen molar-refractivity contribution < 1.29 is 9.90 Å². The van der Waals surface area contributed by atoms with E-state index >= 15 is 0 Å². The van der Waals surface area contributed by atoms with Gasteiger partial charge in [0.25, 0.3) is 0 Å². The van der Waals surface area contributed by atoms with Crippen LogP contribution in [0, 0.1) is 5.92 Å². The van der Waals surface area contributed by atoms with Crippen molar-refractivity contribution in [3.63, 3.8) is 0 Å². The van der Waals surface area contributed by atoms with Gasteiger partial charge < -0.3 is 10.4 Å². The number of hydrogen-bond donors (Lipinski definition) is 2. The summed E-state index contributed by atoms with van der Waals surface area (Å²) in [5.41, 5.74) is 2.08. The predicted octanol–water partition coefficient (Wildman–Crippen LogP) is 3.54. The van der Waals surface area contributed by atoms with Gasteiger partial charge in [-0.3, -0.25) is 4.79 Å². The van der Waals surface area contributed by atoms with Gasteiger partial charge in [0, 0.05) is 12.6 Å². The smallest absolute Gasteiger partial charge is 0.310 e. The zero-order chi connectivity index (χ0) is 14.5. The van der Waals surface area contributed by atoms with Crippen LogP contribution < -0.4 is 5.32 Å². The number of hydrogen-bond acceptors (Lipinski definition) is 2. The monoisotopic (exact) mass is 275 g/mol. The number of carboxylic acids is 1. The third kappa shape index (κ3) is 3.83. The summed E-state index contributed by atoms with van der Waals surface area (Å²) < 4.78 is 0. The first kappa shape index (κ1) is 15.0. The minimum Gasteiger partial charge on any atom is -0.481 e. The Morgan fingerprint density at radius 3 is 2.40 bits per heavy atom. The summed E-state index contributed by atoms with van der Waals surface area (Å²) in [7, 11) is 0. The van der Waals surface area contributed by atoms with E-state index in [1.165, 1.54) is 31.2 Å². The average molecular weight is 275 g/mol. The molecule has 20 heavy (non-hydrogen) atoms. The Hall–Kier alpha value is -1.35. The Balaban J connectivity index is 1.85. The minimum absolute atomic E-state index is 0.436. The van der Waals surface area contributed by atoms with Crippen LogP contribution in [0.25, 0.3) is 0 Å². The Kier molecular flexibility index (Phi) is 5.18. The van der Waals surface area contributed by atoms with Crippen LogP contribution >= 0.6 is 0 Å². The van der Waals surface area contributed by atoms with E-state index in [4.69, 9.17) is 5.11 Å². The molecule has 0 spiro atoms. The lowest BCUT2D eigenvalue weighted by molar-refractivity contribution is -0.138. The summed E-state index contributed by atoms with van der Waals surface area (Å²) >= 11 is 0. The highest BCUT2D eigenvalue weighted by molar-refractivity contribution is 5.75. The van der Waals surface area contributed by atoms with Gasteiger partial charge in [0.2, 0.25) is 0 Å². The molecule has 3 heteroatoms. The first-order valence-electron chi connectivity index (χ1n) is 7.63. The first-order valence-corrected chi connectivity index (χ1v) is 7.63. The van der Waals surface area contributed by atoms with Crippen LogP contribution in [0.3, 0.4) is 0 Å². The Bertz CT molecular complexity index is 435. The molecule has 1 fully saturated rings. The maximum absolute atomic E-state index is 10.9. The van der Waals surface area contributed by atoms with Crippen molar-refractivity contribution in [1.82, 2.24) is 5.32 Å². The fourth-order valence-electron chi connectivity index (χ4n) is 2.97. The average Bonchev–Trinajstić information content (AvgIpc) is 2.98. The van der Waals surface area contributed by atoms with E-state index in [0.717, 1.165) is 18.0 Å². The van der Waals surface area contributed by atoms with Crippen molar-refractivity contribution in [1.29, 1.82) is 0 Å². The highest BCUT2D eigenvalue weighted by Crippen LogP contribution is 2.27. The fourth-order valence-corrected chi connectivity index (χ4v) is 2.97. The Morgan fingerprint density at radius 1 is 1.25 bits per heavy atom. The number of rotatable bonds is 6. The van der Waals surface area contributed by atoms with Gasteiger partial charge in [-0.25, -0.2) is 0 Å². The van der Waals surface area contributed by atoms with Gasteiger partial charge in [-0.1, -0.05) is 37.1 Å². The maximum atomic E-state index is 10.9.